The number of hydrogen-bond acceptors (Lipinski definition) is 2. The Morgan fingerprint density at radius 1 is 0.400 bits per heavy atom. The second-order valence-corrected chi connectivity index (χ2v) is 13.1. The van der Waals surface area contributed by atoms with Crippen LogP contribution in [0.5, 0.6) is 0 Å². The molecule has 8 aromatic carbocycles. The van der Waals surface area contributed by atoms with Crippen molar-refractivity contribution in [3.63, 3.8) is 0 Å². The van der Waals surface area contributed by atoms with Gasteiger partial charge in [-0.15, -0.1) is 0 Å². The van der Waals surface area contributed by atoms with E-state index in [1.165, 1.54) is 92.6 Å². The number of fused-ring (bicyclic) bond motifs is 5. The zero-order valence-electron chi connectivity index (χ0n) is 27.4. The van der Waals surface area contributed by atoms with Crippen LogP contribution in [0.1, 0.15) is 0 Å². The first kappa shape index (κ1) is 28.5. The highest BCUT2D eigenvalue weighted by atomic mass is 14.8. The van der Waals surface area contributed by atoms with E-state index < -0.39 is 0 Å². The molecule has 234 valence electrons. The Hall–Kier alpha value is -6.51. The zero-order valence-corrected chi connectivity index (χ0v) is 27.4. The summed E-state index contributed by atoms with van der Waals surface area (Å²) in [6.07, 6.45) is 8.51. The van der Waals surface area contributed by atoms with Gasteiger partial charge < -0.3 is 5.32 Å². The van der Waals surface area contributed by atoms with Gasteiger partial charge in [0.15, 0.2) is 0 Å². The molecule has 1 aliphatic rings. The van der Waals surface area contributed by atoms with E-state index >= 15 is 0 Å². The minimum Gasteiger partial charge on any atom is -0.387 e. The number of hydrogen-bond donors (Lipinski definition) is 1. The van der Waals surface area contributed by atoms with Crippen molar-refractivity contribution in [1.82, 2.24) is 10.3 Å². The van der Waals surface area contributed by atoms with Crippen LogP contribution in [0.4, 0.5) is 0 Å². The third-order valence-corrected chi connectivity index (χ3v) is 10.4. The van der Waals surface area contributed by atoms with E-state index in [1.807, 2.05) is 12.4 Å². The standard InChI is InChI=1S/C48H32N2/c1-2-12-32(13-3-1)45-37-16-6-7-17-38(37)46(43-29-49-27-25-41(43)45)33-21-23-34(24-22-33)47-39-18-8-9-19-40(39)48(42-26-28-50-30-44(42)47)36-20-10-14-31-11-4-5-15-35(31)36/h1-26,28-30,49H,27H2. The first-order chi connectivity index (χ1) is 24.8. The van der Waals surface area contributed by atoms with Crippen molar-refractivity contribution in [2.24, 2.45) is 0 Å². The van der Waals surface area contributed by atoms with Gasteiger partial charge in [-0.1, -0.05) is 152 Å². The molecule has 10 rings (SSSR count). The van der Waals surface area contributed by atoms with Gasteiger partial charge in [-0.25, -0.2) is 0 Å². The van der Waals surface area contributed by atoms with E-state index in [0.29, 0.717) is 0 Å². The molecule has 0 spiro atoms. The summed E-state index contributed by atoms with van der Waals surface area (Å²) in [5, 5.41) is 15.9. The Balaban J connectivity index is 1.21. The highest BCUT2D eigenvalue weighted by Gasteiger charge is 2.19. The molecule has 1 N–H and O–H groups in total. The van der Waals surface area contributed by atoms with Gasteiger partial charge in [0, 0.05) is 35.7 Å². The highest BCUT2D eigenvalue weighted by molar-refractivity contribution is 6.23. The second-order valence-electron chi connectivity index (χ2n) is 13.1. The van der Waals surface area contributed by atoms with Crippen molar-refractivity contribution >= 4 is 55.4 Å². The number of nitrogens with zero attached hydrogens (tertiary/aromatic N) is 1. The van der Waals surface area contributed by atoms with Crippen LogP contribution in [0.15, 0.2) is 164 Å². The van der Waals surface area contributed by atoms with Gasteiger partial charge in [0.05, 0.1) is 0 Å². The molecular formula is C48H32N2. The van der Waals surface area contributed by atoms with Crippen molar-refractivity contribution in [1.29, 1.82) is 0 Å². The molecule has 1 aliphatic heterocycles. The summed E-state index contributed by atoms with van der Waals surface area (Å²) in [6.45, 7) is 0.812. The molecule has 2 heteroatoms. The van der Waals surface area contributed by atoms with E-state index in [4.69, 9.17) is 0 Å². The molecule has 0 atom stereocenters. The molecule has 0 saturated carbocycles. The number of benzene rings is 8. The number of aromatic nitrogens is 1. The largest absolute Gasteiger partial charge is 0.387 e. The van der Waals surface area contributed by atoms with E-state index in [-0.39, 0.29) is 0 Å². The van der Waals surface area contributed by atoms with Gasteiger partial charge in [0.25, 0.3) is 0 Å². The van der Waals surface area contributed by atoms with Crippen LogP contribution in [-0.2, 0) is 0 Å². The van der Waals surface area contributed by atoms with E-state index in [9.17, 15) is 0 Å². The maximum absolute atomic E-state index is 4.67. The highest BCUT2D eigenvalue weighted by Crippen LogP contribution is 2.45. The number of rotatable bonds is 4. The molecule has 0 fully saturated rings. The van der Waals surface area contributed by atoms with Crippen molar-refractivity contribution < 1.29 is 0 Å². The molecule has 9 aromatic rings. The summed E-state index contributed by atoms with van der Waals surface area (Å²) in [5.74, 6) is 0. The van der Waals surface area contributed by atoms with Crippen molar-refractivity contribution in [3.05, 3.63) is 174 Å². The molecule has 2 heterocycles. The smallest absolute Gasteiger partial charge is 0.0353 e. The Bertz CT molecular complexity index is 2840. The van der Waals surface area contributed by atoms with E-state index in [2.05, 4.69) is 174 Å². The predicted molar refractivity (Wildman–Crippen MR) is 212 cm³/mol. The third kappa shape index (κ3) is 4.39. The zero-order chi connectivity index (χ0) is 33.0. The predicted octanol–water partition coefficient (Wildman–Crippen LogP) is 10.5. The molecule has 0 bridgehead atoms. The van der Waals surface area contributed by atoms with E-state index in [0.717, 1.165) is 11.9 Å². The molecule has 2 nitrogen and oxygen atoms in total. The topological polar surface area (TPSA) is 24.9 Å². The summed E-state index contributed by atoms with van der Waals surface area (Å²) >= 11 is 0. The first-order valence-corrected chi connectivity index (χ1v) is 17.3. The van der Waals surface area contributed by atoms with Crippen LogP contribution >= 0.6 is 0 Å². The number of nitrogens with one attached hydrogen (secondary N) is 1. The van der Waals surface area contributed by atoms with Crippen LogP contribution in [-0.4, -0.2) is 11.5 Å². The van der Waals surface area contributed by atoms with Crippen LogP contribution in [0.3, 0.4) is 0 Å². The van der Waals surface area contributed by atoms with E-state index in [1.54, 1.807) is 0 Å². The Labute approximate surface area is 290 Å². The van der Waals surface area contributed by atoms with Gasteiger partial charge in [0.1, 0.15) is 0 Å². The Morgan fingerprint density at radius 2 is 0.940 bits per heavy atom. The lowest BCUT2D eigenvalue weighted by Crippen LogP contribution is -2.36. The fourth-order valence-electron chi connectivity index (χ4n) is 8.26. The quantitative estimate of drug-likeness (QED) is 0.195. The lowest BCUT2D eigenvalue weighted by atomic mass is 9.84. The van der Waals surface area contributed by atoms with Gasteiger partial charge in [-0.2, -0.15) is 0 Å². The minimum absolute atomic E-state index is 0.812. The SMILES string of the molecule is C1=c2c(-c3ccccc3)c3ccccc3c(-c3ccc(-c4c5ccccc5c(-c5cccc6ccccc56)c5ccncc45)cc3)c2=CNC1. The van der Waals surface area contributed by atoms with Gasteiger partial charge in [-0.05, 0) is 93.5 Å². The third-order valence-electron chi connectivity index (χ3n) is 10.4. The molecule has 50 heavy (non-hydrogen) atoms. The molecule has 0 unspecified atom stereocenters. The number of pyridine rings is 1. The van der Waals surface area contributed by atoms with Gasteiger partial charge in [-0.3, -0.25) is 4.98 Å². The van der Waals surface area contributed by atoms with Gasteiger partial charge >= 0.3 is 0 Å². The van der Waals surface area contributed by atoms with Crippen molar-refractivity contribution in [3.8, 4) is 44.5 Å². The molecule has 0 radical (unpaired) electrons. The van der Waals surface area contributed by atoms with Crippen LogP contribution < -0.4 is 15.8 Å². The maximum atomic E-state index is 4.67. The van der Waals surface area contributed by atoms with Gasteiger partial charge in [0.2, 0.25) is 0 Å². The Morgan fingerprint density at radius 3 is 1.68 bits per heavy atom. The monoisotopic (exact) mass is 636 g/mol. The lowest BCUT2D eigenvalue weighted by Gasteiger charge is -2.19. The molecule has 0 amide bonds. The fraction of sp³-hybridized carbons (Fsp3) is 0.0208. The molecule has 0 saturated heterocycles. The molecule has 1 aromatic heterocycles. The average Bonchev–Trinajstić information content (AvgIpc) is 3.19. The fourth-order valence-corrected chi connectivity index (χ4v) is 8.26. The lowest BCUT2D eigenvalue weighted by molar-refractivity contribution is 1.06. The van der Waals surface area contributed by atoms with Crippen molar-refractivity contribution in [2.75, 3.05) is 6.54 Å². The summed E-state index contributed by atoms with van der Waals surface area (Å²) in [4.78, 5) is 4.67. The van der Waals surface area contributed by atoms with Crippen molar-refractivity contribution in [2.45, 2.75) is 0 Å². The first-order valence-electron chi connectivity index (χ1n) is 17.3. The second kappa shape index (κ2) is 11.6. The molecular weight excluding hydrogens is 605 g/mol. The normalized spacial score (nSPS) is 12.4. The summed E-state index contributed by atoms with van der Waals surface area (Å²) in [7, 11) is 0. The maximum Gasteiger partial charge on any atom is 0.0353 e. The minimum atomic E-state index is 0.812. The summed E-state index contributed by atoms with van der Waals surface area (Å²) in [5.41, 5.74) is 9.90. The van der Waals surface area contributed by atoms with Crippen LogP contribution in [0.25, 0.3) is 99.9 Å². The summed E-state index contributed by atoms with van der Waals surface area (Å²) < 4.78 is 0. The Kier molecular flexibility index (Phi) is 6.60. The molecule has 0 aliphatic carbocycles. The summed E-state index contributed by atoms with van der Waals surface area (Å²) in [6, 6.07) is 55.2. The van der Waals surface area contributed by atoms with Crippen LogP contribution in [0, 0.1) is 0 Å². The average molecular weight is 637 g/mol. The van der Waals surface area contributed by atoms with Crippen LogP contribution in [0.2, 0.25) is 0 Å².